The lowest BCUT2D eigenvalue weighted by Gasteiger charge is -2.48. The van der Waals surface area contributed by atoms with Crippen LogP contribution < -0.4 is 0 Å². The quantitative estimate of drug-likeness (QED) is 0.146. The minimum atomic E-state index is -1.80. The smallest absolute Gasteiger partial charge is 0.187 e. The summed E-state index contributed by atoms with van der Waals surface area (Å²) in [5, 5.41) is 91.0. The Morgan fingerprint density at radius 1 is 0.543 bits per heavy atom. The zero-order valence-electron chi connectivity index (χ0n) is 19.3. The minimum absolute atomic E-state index is 0.621. The van der Waals surface area contributed by atoms with Crippen molar-refractivity contribution in [3.8, 4) is 0 Å². The summed E-state index contributed by atoms with van der Waals surface area (Å²) in [5.74, 6) is -0.819. The van der Waals surface area contributed by atoms with E-state index in [0.717, 1.165) is 0 Å². The molecule has 3 aliphatic rings. The Labute approximate surface area is 200 Å². The molecular formula is C20H36O15. The highest BCUT2D eigenvalue weighted by atomic mass is 16.8. The molecule has 15 nitrogen and oxygen atoms in total. The zero-order chi connectivity index (χ0) is 26.0. The molecule has 15 heteroatoms. The molecule has 0 aromatic rings. The van der Waals surface area contributed by atoms with Crippen LogP contribution in [0.1, 0.15) is 6.92 Å². The average molecular weight is 516 g/mol. The Kier molecular flexibility index (Phi) is 10.2. The monoisotopic (exact) mass is 516 g/mol. The zero-order valence-corrected chi connectivity index (χ0v) is 19.3. The van der Waals surface area contributed by atoms with Crippen LogP contribution in [0, 0.1) is 5.92 Å². The van der Waals surface area contributed by atoms with Gasteiger partial charge < -0.3 is 74.4 Å². The molecule has 0 bridgehead atoms. The lowest BCUT2D eigenvalue weighted by atomic mass is 9.92. The number of methoxy groups -OCH3 is 1. The highest BCUT2D eigenvalue weighted by molar-refractivity contribution is 4.95. The van der Waals surface area contributed by atoms with Crippen LogP contribution in [0.4, 0.5) is 0 Å². The SMILES string of the molecule is CO[C@@H]1O[C@H](CO)[C@@H](O[C@@H]2O[C@H](CO)[C@@H](O[C@@H]3O[C@H](CO)[C@H](O)[C@H](O)[C@H]3C)[C@H](O)[C@H]2O)[C@H](O)[C@H]1O. The van der Waals surface area contributed by atoms with Gasteiger partial charge in [0.25, 0.3) is 0 Å². The lowest BCUT2D eigenvalue weighted by Crippen LogP contribution is -2.66. The molecule has 0 spiro atoms. The minimum Gasteiger partial charge on any atom is -0.394 e. The summed E-state index contributed by atoms with van der Waals surface area (Å²) < 4.78 is 32.6. The maximum atomic E-state index is 10.7. The highest BCUT2D eigenvalue weighted by Crippen LogP contribution is 2.33. The highest BCUT2D eigenvalue weighted by Gasteiger charge is 2.53. The van der Waals surface area contributed by atoms with Crippen molar-refractivity contribution in [2.24, 2.45) is 5.92 Å². The van der Waals surface area contributed by atoms with Gasteiger partial charge in [0.15, 0.2) is 18.9 Å². The molecule has 0 aromatic carbocycles. The van der Waals surface area contributed by atoms with Crippen LogP contribution in [0.2, 0.25) is 0 Å². The van der Waals surface area contributed by atoms with Crippen molar-refractivity contribution in [3.63, 3.8) is 0 Å². The molecule has 3 fully saturated rings. The van der Waals surface area contributed by atoms with Gasteiger partial charge >= 0.3 is 0 Å². The Bertz CT molecular complexity index is 650. The maximum Gasteiger partial charge on any atom is 0.187 e. The van der Waals surface area contributed by atoms with Crippen molar-refractivity contribution >= 4 is 0 Å². The van der Waals surface area contributed by atoms with E-state index < -0.39 is 112 Å². The van der Waals surface area contributed by atoms with E-state index >= 15 is 0 Å². The van der Waals surface area contributed by atoms with Gasteiger partial charge in [-0.15, -0.1) is 0 Å². The molecule has 35 heavy (non-hydrogen) atoms. The third-order valence-electron chi connectivity index (χ3n) is 6.64. The molecule has 15 atom stereocenters. The summed E-state index contributed by atoms with van der Waals surface area (Å²) >= 11 is 0. The van der Waals surface area contributed by atoms with Crippen LogP contribution in [0.5, 0.6) is 0 Å². The van der Waals surface area contributed by atoms with E-state index in [1.54, 1.807) is 0 Å². The van der Waals surface area contributed by atoms with Gasteiger partial charge in [-0.3, -0.25) is 0 Å². The Morgan fingerprint density at radius 3 is 1.46 bits per heavy atom. The largest absolute Gasteiger partial charge is 0.394 e. The molecule has 0 unspecified atom stereocenters. The standard InChI is InChI=1S/C20H36O15/c1-6-10(24)11(25)7(3-21)31-18(6)34-16-9(5-23)33-20(15(29)13(16)27)35-17-8(4-22)32-19(30-2)14(28)12(17)26/h6-29H,3-5H2,1-2H3/t6-,7-,8-,9-,10-,11+,12-,13-,14-,15-,16-,17-,18+,19-,20+/m1/s1. The number of aliphatic hydroxyl groups is 9. The summed E-state index contributed by atoms with van der Waals surface area (Å²) in [6.45, 7) is -0.488. The molecule has 0 aliphatic carbocycles. The fourth-order valence-electron chi connectivity index (χ4n) is 4.43. The van der Waals surface area contributed by atoms with Crippen LogP contribution in [0.15, 0.2) is 0 Å². The normalized spacial score (nSPS) is 51.3. The topological polar surface area (TPSA) is 237 Å². The van der Waals surface area contributed by atoms with Crippen LogP contribution in [0.3, 0.4) is 0 Å². The Morgan fingerprint density at radius 2 is 0.971 bits per heavy atom. The Hall–Kier alpha value is -0.600. The molecule has 9 N–H and O–H groups in total. The van der Waals surface area contributed by atoms with Crippen LogP contribution in [-0.4, -0.2) is 159 Å². The first-order chi connectivity index (χ1) is 16.6. The van der Waals surface area contributed by atoms with Gasteiger partial charge in [-0.25, -0.2) is 0 Å². The third kappa shape index (κ3) is 5.79. The summed E-state index contributed by atoms with van der Waals surface area (Å²) in [4.78, 5) is 0. The number of hydrogen-bond acceptors (Lipinski definition) is 15. The van der Waals surface area contributed by atoms with Gasteiger partial charge in [-0.05, 0) is 0 Å². The molecule has 3 aliphatic heterocycles. The summed E-state index contributed by atoms with van der Waals surface area (Å²) in [5.41, 5.74) is 0. The van der Waals surface area contributed by atoms with E-state index in [4.69, 9.17) is 28.4 Å². The van der Waals surface area contributed by atoms with Crippen molar-refractivity contribution in [1.82, 2.24) is 0 Å². The first-order valence-corrected chi connectivity index (χ1v) is 11.3. The van der Waals surface area contributed by atoms with E-state index in [-0.39, 0.29) is 0 Å². The fourth-order valence-corrected chi connectivity index (χ4v) is 4.43. The molecule has 0 saturated carbocycles. The summed E-state index contributed by atoms with van der Waals surface area (Å²) in [7, 11) is 1.23. The number of ether oxygens (including phenoxy) is 6. The van der Waals surface area contributed by atoms with Crippen LogP contribution >= 0.6 is 0 Å². The summed E-state index contributed by atoms with van der Waals surface area (Å²) in [6.07, 6.45) is -20.0. The molecule has 0 radical (unpaired) electrons. The average Bonchev–Trinajstić information content (AvgIpc) is 2.86. The lowest BCUT2D eigenvalue weighted by molar-refractivity contribution is -0.375. The van der Waals surface area contributed by atoms with E-state index in [9.17, 15) is 46.0 Å². The second-order valence-corrected chi connectivity index (χ2v) is 8.92. The third-order valence-corrected chi connectivity index (χ3v) is 6.64. The first-order valence-electron chi connectivity index (χ1n) is 11.3. The van der Waals surface area contributed by atoms with E-state index in [1.165, 1.54) is 14.0 Å². The van der Waals surface area contributed by atoms with Gasteiger partial charge in [0.05, 0.1) is 25.9 Å². The molecule has 206 valence electrons. The first kappa shape index (κ1) is 29.0. The van der Waals surface area contributed by atoms with Gasteiger partial charge in [-0.1, -0.05) is 6.92 Å². The van der Waals surface area contributed by atoms with Gasteiger partial charge in [0.2, 0.25) is 0 Å². The van der Waals surface area contributed by atoms with Gasteiger partial charge in [0, 0.05) is 13.0 Å². The van der Waals surface area contributed by atoms with Crippen LogP contribution in [0.25, 0.3) is 0 Å². The van der Waals surface area contributed by atoms with Crippen molar-refractivity contribution in [2.45, 2.75) is 92.9 Å². The molecule has 0 amide bonds. The van der Waals surface area contributed by atoms with Crippen LogP contribution in [-0.2, 0) is 28.4 Å². The summed E-state index contributed by atoms with van der Waals surface area (Å²) in [6, 6.07) is 0. The van der Waals surface area contributed by atoms with Gasteiger partial charge in [-0.2, -0.15) is 0 Å². The molecule has 3 rings (SSSR count). The number of hydrogen-bond donors (Lipinski definition) is 9. The predicted octanol–water partition coefficient (Wildman–Crippen LogP) is -5.64. The molecule has 3 saturated heterocycles. The van der Waals surface area contributed by atoms with Crippen molar-refractivity contribution in [1.29, 1.82) is 0 Å². The molecular weight excluding hydrogens is 480 g/mol. The maximum absolute atomic E-state index is 10.7. The van der Waals surface area contributed by atoms with E-state index in [0.29, 0.717) is 0 Å². The van der Waals surface area contributed by atoms with Crippen molar-refractivity contribution < 1.29 is 74.4 Å². The molecule has 3 heterocycles. The number of aliphatic hydroxyl groups excluding tert-OH is 9. The van der Waals surface area contributed by atoms with Crippen molar-refractivity contribution in [2.75, 3.05) is 26.9 Å². The number of rotatable bonds is 8. The second kappa shape index (κ2) is 12.3. The Balaban J connectivity index is 1.72. The second-order valence-electron chi connectivity index (χ2n) is 8.92. The fraction of sp³-hybridized carbons (Fsp3) is 1.00. The van der Waals surface area contributed by atoms with E-state index in [2.05, 4.69) is 0 Å². The van der Waals surface area contributed by atoms with Gasteiger partial charge in [0.1, 0.15) is 61.0 Å². The van der Waals surface area contributed by atoms with Crippen molar-refractivity contribution in [3.05, 3.63) is 0 Å². The molecule has 0 aromatic heterocycles. The predicted molar refractivity (Wildman–Crippen MR) is 109 cm³/mol. The van der Waals surface area contributed by atoms with E-state index in [1.807, 2.05) is 0 Å².